The van der Waals surface area contributed by atoms with Crippen LogP contribution in [0.4, 0.5) is 0 Å². The van der Waals surface area contributed by atoms with Gasteiger partial charge in [0.2, 0.25) is 10.0 Å². The molecule has 3 N–H and O–H groups in total. The molecule has 0 spiro atoms. The Labute approximate surface area is 137 Å². The summed E-state index contributed by atoms with van der Waals surface area (Å²) in [6.07, 6.45) is 3.83. The molecule has 0 radical (unpaired) electrons. The van der Waals surface area contributed by atoms with Crippen LogP contribution in [0.1, 0.15) is 32.6 Å². The molecule has 1 aliphatic carbocycles. The lowest BCUT2D eigenvalue weighted by Gasteiger charge is -2.42. The molecule has 2 unspecified atom stereocenters. The van der Waals surface area contributed by atoms with Crippen molar-refractivity contribution in [1.82, 2.24) is 4.72 Å². The van der Waals surface area contributed by atoms with E-state index in [2.05, 4.69) is 11.6 Å². The van der Waals surface area contributed by atoms with Gasteiger partial charge in [0.15, 0.2) is 11.5 Å². The van der Waals surface area contributed by atoms with Gasteiger partial charge < -0.3 is 15.2 Å². The third-order valence-electron chi connectivity index (χ3n) is 4.97. The topological polar surface area (TPSA) is 90.7 Å². The summed E-state index contributed by atoms with van der Waals surface area (Å²) in [7, 11) is -3.74. The van der Waals surface area contributed by atoms with Crippen molar-refractivity contribution in [3.63, 3.8) is 0 Å². The fourth-order valence-electron chi connectivity index (χ4n) is 3.49. The van der Waals surface area contributed by atoms with Crippen molar-refractivity contribution in [2.24, 2.45) is 11.7 Å². The monoisotopic (exact) mass is 340 g/mol. The molecule has 0 bridgehead atoms. The molecular formula is C16H24N2O4S. The first-order chi connectivity index (χ1) is 11.0. The summed E-state index contributed by atoms with van der Waals surface area (Å²) in [6.45, 7) is 3.13. The van der Waals surface area contributed by atoms with Gasteiger partial charge >= 0.3 is 0 Å². The molecule has 0 amide bonds. The zero-order valence-corrected chi connectivity index (χ0v) is 14.2. The quantitative estimate of drug-likeness (QED) is 0.869. The maximum Gasteiger partial charge on any atom is 0.244 e. The van der Waals surface area contributed by atoms with Gasteiger partial charge in [-0.05, 0) is 30.9 Å². The van der Waals surface area contributed by atoms with Gasteiger partial charge in [0.25, 0.3) is 0 Å². The van der Waals surface area contributed by atoms with Gasteiger partial charge in [-0.2, -0.15) is 0 Å². The number of fused-ring (bicyclic) bond motifs is 1. The Kier molecular flexibility index (Phi) is 4.53. The standard InChI is InChI=1S/C16H24N2O4S/c1-12-5-2-3-8-16(12,11-17)18-23(19,20)14-7-4-6-13-15(14)22-10-9-21-13/h4,6-7,12,18H,2-3,5,8-11,17H2,1H3. The Bertz CT molecular complexity index is 677. The molecule has 0 aromatic heterocycles. The molecule has 1 saturated carbocycles. The van der Waals surface area contributed by atoms with Crippen LogP contribution in [0.25, 0.3) is 0 Å². The largest absolute Gasteiger partial charge is 0.486 e. The second-order valence-corrected chi connectivity index (χ2v) is 8.04. The number of hydrogen-bond acceptors (Lipinski definition) is 5. The van der Waals surface area contributed by atoms with Crippen LogP contribution < -0.4 is 19.9 Å². The first-order valence-corrected chi connectivity index (χ1v) is 9.59. The van der Waals surface area contributed by atoms with E-state index >= 15 is 0 Å². The number of rotatable bonds is 4. The highest BCUT2D eigenvalue weighted by atomic mass is 32.2. The number of para-hydroxylation sites is 1. The molecule has 6 nitrogen and oxygen atoms in total. The molecule has 0 saturated heterocycles. The average molecular weight is 340 g/mol. The van der Waals surface area contributed by atoms with Crippen molar-refractivity contribution in [2.75, 3.05) is 19.8 Å². The fourth-order valence-corrected chi connectivity index (χ4v) is 5.18. The van der Waals surface area contributed by atoms with Gasteiger partial charge in [-0.25, -0.2) is 13.1 Å². The second kappa shape index (κ2) is 6.30. The second-order valence-electron chi connectivity index (χ2n) is 6.39. The Morgan fingerprint density at radius 2 is 2.09 bits per heavy atom. The van der Waals surface area contributed by atoms with Crippen LogP contribution >= 0.6 is 0 Å². The number of nitrogens with two attached hydrogens (primary N) is 1. The molecule has 128 valence electrons. The van der Waals surface area contributed by atoms with Gasteiger partial charge in [-0.3, -0.25) is 0 Å². The SMILES string of the molecule is CC1CCCCC1(CN)NS(=O)(=O)c1cccc2c1OCCO2. The lowest BCUT2D eigenvalue weighted by atomic mass is 9.74. The maximum absolute atomic E-state index is 13.0. The smallest absolute Gasteiger partial charge is 0.244 e. The van der Waals surface area contributed by atoms with Crippen LogP contribution in [0.15, 0.2) is 23.1 Å². The molecule has 2 atom stereocenters. The molecule has 7 heteroatoms. The molecule has 2 aliphatic rings. The summed E-state index contributed by atoms with van der Waals surface area (Å²) in [6, 6.07) is 4.94. The summed E-state index contributed by atoms with van der Waals surface area (Å²) in [5.41, 5.74) is 5.38. The molecule has 23 heavy (non-hydrogen) atoms. The number of nitrogens with one attached hydrogen (secondary N) is 1. The van der Waals surface area contributed by atoms with E-state index in [0.29, 0.717) is 31.3 Å². The number of hydrogen-bond donors (Lipinski definition) is 2. The van der Waals surface area contributed by atoms with E-state index in [0.717, 1.165) is 25.7 Å². The molecular weight excluding hydrogens is 316 g/mol. The Balaban J connectivity index is 1.96. The van der Waals surface area contributed by atoms with Gasteiger partial charge in [0, 0.05) is 12.1 Å². The highest BCUT2D eigenvalue weighted by Gasteiger charge is 2.41. The molecule has 1 heterocycles. The molecule has 1 aliphatic heterocycles. The van der Waals surface area contributed by atoms with Crippen LogP contribution in [0, 0.1) is 5.92 Å². The van der Waals surface area contributed by atoms with E-state index in [1.54, 1.807) is 18.2 Å². The van der Waals surface area contributed by atoms with E-state index in [-0.39, 0.29) is 10.8 Å². The molecule has 1 aromatic carbocycles. The molecule has 3 rings (SSSR count). The van der Waals surface area contributed by atoms with Gasteiger partial charge in [-0.15, -0.1) is 0 Å². The fraction of sp³-hybridized carbons (Fsp3) is 0.625. The van der Waals surface area contributed by atoms with Crippen molar-refractivity contribution in [3.8, 4) is 11.5 Å². The van der Waals surface area contributed by atoms with Crippen LogP contribution in [-0.2, 0) is 10.0 Å². The number of benzene rings is 1. The minimum absolute atomic E-state index is 0.125. The Morgan fingerprint density at radius 1 is 1.30 bits per heavy atom. The Morgan fingerprint density at radius 3 is 2.83 bits per heavy atom. The number of sulfonamides is 1. The first-order valence-electron chi connectivity index (χ1n) is 8.11. The van der Waals surface area contributed by atoms with Crippen LogP contribution in [-0.4, -0.2) is 33.7 Å². The van der Waals surface area contributed by atoms with Crippen LogP contribution in [0.2, 0.25) is 0 Å². The molecule has 1 fully saturated rings. The van der Waals surface area contributed by atoms with Gasteiger partial charge in [0.05, 0.1) is 0 Å². The highest BCUT2D eigenvalue weighted by molar-refractivity contribution is 7.89. The minimum Gasteiger partial charge on any atom is -0.486 e. The minimum atomic E-state index is -3.74. The van der Waals surface area contributed by atoms with E-state index in [9.17, 15) is 8.42 Å². The summed E-state index contributed by atoms with van der Waals surface area (Å²) >= 11 is 0. The zero-order valence-electron chi connectivity index (χ0n) is 13.4. The first kappa shape index (κ1) is 16.5. The van der Waals surface area contributed by atoms with Crippen LogP contribution in [0.5, 0.6) is 11.5 Å². The average Bonchev–Trinajstić information content (AvgIpc) is 2.56. The lowest BCUT2D eigenvalue weighted by Crippen LogP contribution is -2.59. The predicted octanol–water partition coefficient (Wildman–Crippen LogP) is 1.64. The van der Waals surface area contributed by atoms with Gasteiger partial charge in [-0.1, -0.05) is 25.8 Å². The van der Waals surface area contributed by atoms with Crippen molar-refractivity contribution in [2.45, 2.75) is 43.0 Å². The third-order valence-corrected chi connectivity index (χ3v) is 6.55. The van der Waals surface area contributed by atoms with E-state index in [4.69, 9.17) is 15.2 Å². The van der Waals surface area contributed by atoms with Crippen molar-refractivity contribution >= 4 is 10.0 Å². The van der Waals surface area contributed by atoms with Gasteiger partial charge in [0.1, 0.15) is 18.1 Å². The summed E-state index contributed by atoms with van der Waals surface area (Å²) in [5.74, 6) is 0.965. The van der Waals surface area contributed by atoms with Crippen LogP contribution in [0.3, 0.4) is 0 Å². The van der Waals surface area contributed by atoms with E-state index in [1.165, 1.54) is 0 Å². The van der Waals surface area contributed by atoms with Crippen molar-refractivity contribution in [1.29, 1.82) is 0 Å². The summed E-state index contributed by atoms with van der Waals surface area (Å²) in [4.78, 5) is 0.125. The summed E-state index contributed by atoms with van der Waals surface area (Å²) < 4.78 is 39.9. The summed E-state index contributed by atoms with van der Waals surface area (Å²) in [5, 5.41) is 0. The highest BCUT2D eigenvalue weighted by Crippen LogP contribution is 2.39. The van der Waals surface area contributed by atoms with Crippen molar-refractivity contribution < 1.29 is 17.9 Å². The Hall–Kier alpha value is -1.31. The van der Waals surface area contributed by atoms with E-state index in [1.807, 2.05) is 0 Å². The normalized spacial score (nSPS) is 27.7. The van der Waals surface area contributed by atoms with E-state index < -0.39 is 15.6 Å². The lowest BCUT2D eigenvalue weighted by molar-refractivity contribution is 0.166. The number of ether oxygens (including phenoxy) is 2. The predicted molar refractivity (Wildman–Crippen MR) is 87.2 cm³/mol. The molecule has 1 aromatic rings. The van der Waals surface area contributed by atoms with Crippen molar-refractivity contribution in [3.05, 3.63) is 18.2 Å². The zero-order chi connectivity index (χ0) is 16.5. The maximum atomic E-state index is 13.0. The third kappa shape index (κ3) is 3.05.